The second-order valence-electron chi connectivity index (χ2n) is 11.4. The van der Waals surface area contributed by atoms with Crippen LogP contribution in [0.15, 0.2) is 85.1 Å². The Labute approximate surface area is 246 Å². The summed E-state index contributed by atoms with van der Waals surface area (Å²) in [5, 5.41) is 4.07. The fraction of sp³-hybridized carbons (Fsp3) is 0.343. The number of aromatic amines is 1. The van der Waals surface area contributed by atoms with E-state index in [2.05, 4.69) is 10.3 Å². The number of ether oxygens (including phenoxy) is 1. The number of carbonyl (C=O) groups is 3. The molecule has 1 saturated carbocycles. The van der Waals surface area contributed by atoms with Crippen LogP contribution in [0.5, 0.6) is 0 Å². The van der Waals surface area contributed by atoms with E-state index in [4.69, 9.17) is 10.5 Å². The van der Waals surface area contributed by atoms with E-state index in [0.717, 1.165) is 34.0 Å². The predicted molar refractivity (Wildman–Crippen MR) is 164 cm³/mol. The molecule has 1 unspecified atom stereocenters. The lowest BCUT2D eigenvalue weighted by Gasteiger charge is -2.39. The maximum Gasteiger partial charge on any atom is 0.312 e. The van der Waals surface area contributed by atoms with Crippen LogP contribution in [0, 0.1) is 11.3 Å². The first-order valence-electron chi connectivity index (χ1n) is 14.8. The number of ketones is 1. The summed E-state index contributed by atoms with van der Waals surface area (Å²) < 4.78 is 5.59. The molecule has 1 aromatic heterocycles. The molecular formula is C35H39N3O4. The number of benzene rings is 3. The third-order valence-electron chi connectivity index (χ3n) is 8.51. The SMILES string of the molecule is CCOC(=O)[C@]1(Cc2ccccc2)CCCC(C(=O)[C@@H](Cc2c[nH]c3ccccc23)NC(=O)c2cccc(CN)c2)C1. The standard InChI is InChI=1S/C35H39N3O4/c1-2-42-34(41)35(20-24-10-4-3-5-11-24)17-9-14-27(21-35)32(39)31(19-28-23-37-30-16-7-6-15-29(28)30)38-33(40)26-13-8-12-25(18-26)22-36/h3-8,10-13,15-16,18,23,27,31,37H,2,9,14,17,19-22,36H2,1H3,(H,38,40)/t27?,31-,35+/m1/s1. The van der Waals surface area contributed by atoms with Crippen LogP contribution in [-0.4, -0.2) is 35.3 Å². The molecule has 7 heteroatoms. The molecule has 5 rings (SSSR count). The Hall–Kier alpha value is -4.23. The van der Waals surface area contributed by atoms with Crippen molar-refractivity contribution in [2.75, 3.05) is 6.61 Å². The fourth-order valence-electron chi connectivity index (χ4n) is 6.40. The quantitative estimate of drug-likeness (QED) is 0.207. The summed E-state index contributed by atoms with van der Waals surface area (Å²) in [6, 6.07) is 24.2. The number of fused-ring (bicyclic) bond motifs is 1. The van der Waals surface area contributed by atoms with Crippen molar-refractivity contribution in [2.45, 2.75) is 58.0 Å². The number of nitrogens with two attached hydrogens (primary N) is 1. The minimum Gasteiger partial charge on any atom is -0.466 e. The summed E-state index contributed by atoms with van der Waals surface area (Å²) in [6.07, 6.45) is 5.21. The summed E-state index contributed by atoms with van der Waals surface area (Å²) in [5.74, 6) is -1.01. The normalized spacial score (nSPS) is 19.2. The first kappa shape index (κ1) is 29.3. The van der Waals surface area contributed by atoms with Crippen molar-refractivity contribution in [3.05, 3.63) is 107 Å². The fourth-order valence-corrected chi connectivity index (χ4v) is 6.40. The van der Waals surface area contributed by atoms with Crippen LogP contribution in [0.4, 0.5) is 0 Å². The minimum atomic E-state index is -0.791. The van der Waals surface area contributed by atoms with Crippen molar-refractivity contribution in [2.24, 2.45) is 17.1 Å². The molecule has 0 radical (unpaired) electrons. The smallest absolute Gasteiger partial charge is 0.312 e. The highest BCUT2D eigenvalue weighted by Gasteiger charge is 2.46. The highest BCUT2D eigenvalue weighted by atomic mass is 16.5. The van der Waals surface area contributed by atoms with Gasteiger partial charge in [-0.15, -0.1) is 0 Å². The van der Waals surface area contributed by atoms with Gasteiger partial charge < -0.3 is 20.8 Å². The van der Waals surface area contributed by atoms with Crippen LogP contribution in [0.25, 0.3) is 10.9 Å². The van der Waals surface area contributed by atoms with E-state index >= 15 is 0 Å². The summed E-state index contributed by atoms with van der Waals surface area (Å²) in [4.78, 5) is 44.6. The lowest BCUT2D eigenvalue weighted by Crippen LogP contribution is -2.48. The van der Waals surface area contributed by atoms with Gasteiger partial charge in [0.15, 0.2) is 5.78 Å². The van der Waals surface area contributed by atoms with Gasteiger partial charge in [0.1, 0.15) is 0 Å². The van der Waals surface area contributed by atoms with Gasteiger partial charge in [-0.05, 0) is 67.5 Å². The van der Waals surface area contributed by atoms with Gasteiger partial charge in [-0.1, -0.05) is 67.1 Å². The van der Waals surface area contributed by atoms with Crippen LogP contribution in [0.3, 0.4) is 0 Å². The molecule has 3 atom stereocenters. The van der Waals surface area contributed by atoms with Gasteiger partial charge in [0.2, 0.25) is 0 Å². The number of hydrogen-bond donors (Lipinski definition) is 3. The third kappa shape index (κ3) is 6.47. The molecule has 4 N–H and O–H groups in total. The number of aromatic nitrogens is 1. The zero-order valence-corrected chi connectivity index (χ0v) is 24.1. The second-order valence-corrected chi connectivity index (χ2v) is 11.4. The van der Waals surface area contributed by atoms with E-state index in [0.29, 0.717) is 44.2 Å². The summed E-state index contributed by atoms with van der Waals surface area (Å²) in [7, 11) is 0. The van der Waals surface area contributed by atoms with Gasteiger partial charge in [0, 0.05) is 41.5 Å². The van der Waals surface area contributed by atoms with Crippen molar-refractivity contribution >= 4 is 28.6 Å². The maximum atomic E-state index is 14.4. The largest absolute Gasteiger partial charge is 0.466 e. The zero-order chi connectivity index (χ0) is 29.5. The molecule has 7 nitrogen and oxygen atoms in total. The summed E-state index contributed by atoms with van der Waals surface area (Å²) >= 11 is 0. The molecular weight excluding hydrogens is 526 g/mol. The molecule has 0 saturated heterocycles. The van der Waals surface area contributed by atoms with Crippen molar-refractivity contribution in [1.82, 2.24) is 10.3 Å². The number of para-hydroxylation sites is 1. The van der Waals surface area contributed by atoms with Gasteiger partial charge in [-0.2, -0.15) is 0 Å². The van der Waals surface area contributed by atoms with Crippen molar-refractivity contribution in [3.63, 3.8) is 0 Å². The highest BCUT2D eigenvalue weighted by Crippen LogP contribution is 2.44. The van der Waals surface area contributed by atoms with Gasteiger partial charge >= 0.3 is 5.97 Å². The third-order valence-corrected chi connectivity index (χ3v) is 8.51. The minimum absolute atomic E-state index is 0.0509. The van der Waals surface area contributed by atoms with Crippen LogP contribution >= 0.6 is 0 Å². The topological polar surface area (TPSA) is 114 Å². The molecule has 42 heavy (non-hydrogen) atoms. The molecule has 0 bridgehead atoms. The lowest BCUT2D eigenvalue weighted by molar-refractivity contribution is -0.159. The Balaban J connectivity index is 1.45. The average molecular weight is 566 g/mol. The number of nitrogens with one attached hydrogen (secondary N) is 2. The number of H-pyrrole nitrogens is 1. The van der Waals surface area contributed by atoms with Crippen molar-refractivity contribution < 1.29 is 19.1 Å². The Morgan fingerprint density at radius 2 is 1.79 bits per heavy atom. The van der Waals surface area contributed by atoms with Crippen molar-refractivity contribution in [1.29, 1.82) is 0 Å². The first-order chi connectivity index (χ1) is 20.4. The Bertz CT molecular complexity index is 1550. The molecule has 3 aromatic carbocycles. The Morgan fingerprint density at radius 3 is 2.57 bits per heavy atom. The zero-order valence-electron chi connectivity index (χ0n) is 24.1. The van der Waals surface area contributed by atoms with Crippen LogP contribution in [0.2, 0.25) is 0 Å². The van der Waals surface area contributed by atoms with Crippen LogP contribution in [-0.2, 0) is 33.7 Å². The van der Waals surface area contributed by atoms with Crippen molar-refractivity contribution in [3.8, 4) is 0 Å². The number of amides is 1. The molecule has 218 valence electrons. The number of hydrogen-bond acceptors (Lipinski definition) is 5. The Kier molecular flexibility index (Phi) is 9.18. The number of rotatable bonds is 11. The molecule has 1 fully saturated rings. The number of Topliss-reactive ketones (excluding diaryl/α,β-unsaturated/α-hetero) is 1. The maximum absolute atomic E-state index is 14.4. The van der Waals surface area contributed by atoms with E-state index in [1.165, 1.54) is 0 Å². The first-order valence-corrected chi connectivity index (χ1v) is 14.8. The van der Waals surface area contributed by atoms with Crippen LogP contribution < -0.4 is 11.1 Å². The van der Waals surface area contributed by atoms with Gasteiger partial charge in [0.25, 0.3) is 5.91 Å². The van der Waals surface area contributed by atoms with E-state index in [-0.39, 0.29) is 24.3 Å². The monoisotopic (exact) mass is 565 g/mol. The molecule has 1 amide bonds. The molecule has 1 heterocycles. The molecule has 4 aromatic rings. The summed E-state index contributed by atoms with van der Waals surface area (Å²) in [5.41, 5.74) is 9.29. The summed E-state index contributed by atoms with van der Waals surface area (Å²) in [6.45, 7) is 2.42. The van der Waals surface area contributed by atoms with E-state index in [1.54, 1.807) is 18.2 Å². The number of esters is 1. The van der Waals surface area contributed by atoms with E-state index < -0.39 is 17.4 Å². The lowest BCUT2D eigenvalue weighted by atomic mass is 9.65. The Morgan fingerprint density at radius 1 is 1.02 bits per heavy atom. The number of carbonyl (C=O) groups excluding carboxylic acids is 3. The second kappa shape index (κ2) is 13.2. The van der Waals surface area contributed by atoms with E-state index in [1.807, 2.05) is 73.8 Å². The predicted octanol–water partition coefficient (Wildman–Crippen LogP) is 5.52. The highest BCUT2D eigenvalue weighted by molar-refractivity contribution is 5.99. The molecule has 0 spiro atoms. The van der Waals surface area contributed by atoms with Crippen LogP contribution in [0.1, 0.15) is 59.7 Å². The van der Waals surface area contributed by atoms with Gasteiger partial charge in [-0.25, -0.2) is 0 Å². The molecule has 1 aliphatic rings. The molecule has 0 aliphatic heterocycles. The average Bonchev–Trinajstić information content (AvgIpc) is 3.43. The van der Waals surface area contributed by atoms with Gasteiger partial charge in [0.05, 0.1) is 18.1 Å². The van der Waals surface area contributed by atoms with E-state index in [9.17, 15) is 14.4 Å². The molecule has 1 aliphatic carbocycles. The van der Waals surface area contributed by atoms with Gasteiger partial charge in [-0.3, -0.25) is 14.4 Å².